The second kappa shape index (κ2) is 8.15. The minimum Gasteiger partial charge on any atom is -0.485 e. The number of ether oxygens (including phenoxy) is 1. The van der Waals surface area contributed by atoms with Crippen LogP contribution < -0.4 is 10.5 Å². The van der Waals surface area contributed by atoms with Gasteiger partial charge in [0.2, 0.25) is 11.7 Å². The van der Waals surface area contributed by atoms with Gasteiger partial charge in [-0.2, -0.15) is 4.98 Å². The van der Waals surface area contributed by atoms with Crippen molar-refractivity contribution in [3.63, 3.8) is 0 Å². The predicted molar refractivity (Wildman–Crippen MR) is 86.0 cm³/mol. The summed E-state index contributed by atoms with van der Waals surface area (Å²) in [6.07, 6.45) is 5.51. The van der Waals surface area contributed by atoms with Crippen molar-refractivity contribution in [3.8, 4) is 5.75 Å². The van der Waals surface area contributed by atoms with Gasteiger partial charge in [0.1, 0.15) is 5.75 Å². The first kappa shape index (κ1) is 16.8. The zero-order valence-electron chi connectivity index (χ0n) is 12.5. The molecule has 1 fully saturated rings. The third-order valence-corrected chi connectivity index (χ3v) is 4.03. The quantitative estimate of drug-likeness (QED) is 0.915. The minimum absolute atomic E-state index is 0. The fraction of sp³-hybridized carbons (Fsp3) is 0.500. The van der Waals surface area contributed by atoms with Crippen molar-refractivity contribution in [3.05, 3.63) is 42.0 Å². The lowest BCUT2D eigenvalue weighted by atomic mass is 9.83. The molecular weight excluding hydrogens is 302 g/mol. The highest BCUT2D eigenvalue weighted by molar-refractivity contribution is 5.85. The number of nitrogens with two attached hydrogens (primary N) is 1. The summed E-state index contributed by atoms with van der Waals surface area (Å²) >= 11 is 0. The second-order valence-corrected chi connectivity index (χ2v) is 5.62. The van der Waals surface area contributed by atoms with E-state index in [-0.39, 0.29) is 18.4 Å². The number of hydrogen-bond donors (Lipinski definition) is 1. The van der Waals surface area contributed by atoms with Crippen LogP contribution in [0.3, 0.4) is 0 Å². The fourth-order valence-corrected chi connectivity index (χ4v) is 2.81. The Hall–Kier alpha value is -1.59. The molecule has 0 aliphatic heterocycles. The number of hydrogen-bond acceptors (Lipinski definition) is 5. The van der Waals surface area contributed by atoms with Gasteiger partial charge < -0.3 is 15.0 Å². The molecule has 0 radical (unpaired) electrons. The van der Waals surface area contributed by atoms with Crippen molar-refractivity contribution in [2.24, 2.45) is 11.7 Å². The topological polar surface area (TPSA) is 74.2 Å². The lowest BCUT2D eigenvalue weighted by Crippen LogP contribution is -2.34. The van der Waals surface area contributed by atoms with Crippen LogP contribution in [0.4, 0.5) is 0 Å². The molecule has 2 atom stereocenters. The van der Waals surface area contributed by atoms with E-state index < -0.39 is 0 Å². The van der Waals surface area contributed by atoms with Crippen LogP contribution in [0.25, 0.3) is 0 Å². The van der Waals surface area contributed by atoms with Crippen molar-refractivity contribution in [2.75, 3.05) is 0 Å². The molecule has 1 aliphatic rings. The molecule has 1 aliphatic carbocycles. The van der Waals surface area contributed by atoms with E-state index in [9.17, 15) is 0 Å². The van der Waals surface area contributed by atoms with Crippen LogP contribution in [0.2, 0.25) is 0 Å². The molecule has 5 nitrogen and oxygen atoms in total. The zero-order chi connectivity index (χ0) is 14.5. The maximum atomic E-state index is 6.15. The van der Waals surface area contributed by atoms with E-state index in [1.807, 2.05) is 30.3 Å². The van der Waals surface area contributed by atoms with Crippen LogP contribution in [0, 0.1) is 5.92 Å². The van der Waals surface area contributed by atoms with E-state index in [2.05, 4.69) is 10.1 Å². The van der Waals surface area contributed by atoms with Crippen molar-refractivity contribution >= 4 is 12.4 Å². The smallest absolute Gasteiger partial charge is 0.227 e. The first-order chi connectivity index (χ1) is 10.3. The normalized spacial score (nSPS) is 21.1. The Kier molecular flexibility index (Phi) is 6.21. The summed E-state index contributed by atoms with van der Waals surface area (Å²) < 4.78 is 10.9. The van der Waals surface area contributed by atoms with Gasteiger partial charge in [0.25, 0.3) is 0 Å². The molecule has 1 heterocycles. The van der Waals surface area contributed by atoms with Gasteiger partial charge in [-0.1, -0.05) is 36.2 Å². The Morgan fingerprint density at radius 3 is 2.73 bits per heavy atom. The number of halogens is 1. The molecule has 22 heavy (non-hydrogen) atoms. The first-order valence-electron chi connectivity index (χ1n) is 7.56. The number of aromatic nitrogens is 2. The number of nitrogens with zero attached hydrogens (tertiary/aromatic N) is 2. The third-order valence-electron chi connectivity index (χ3n) is 4.03. The van der Waals surface area contributed by atoms with E-state index in [1.54, 1.807) is 0 Å². The maximum absolute atomic E-state index is 6.15. The van der Waals surface area contributed by atoms with Crippen LogP contribution in [0.15, 0.2) is 34.9 Å². The molecule has 0 bridgehead atoms. The molecular formula is C16H22ClN3O2. The highest BCUT2D eigenvalue weighted by Gasteiger charge is 2.24. The Labute approximate surface area is 136 Å². The predicted octanol–water partition coefficient (Wildman–Crippen LogP) is 3.13. The Bertz CT molecular complexity index is 562. The molecule has 1 aromatic heterocycles. The van der Waals surface area contributed by atoms with Crippen LogP contribution >= 0.6 is 12.4 Å². The molecule has 2 aromatic rings. The van der Waals surface area contributed by atoms with Gasteiger partial charge in [0.15, 0.2) is 6.61 Å². The molecule has 2 unspecified atom stereocenters. The maximum Gasteiger partial charge on any atom is 0.227 e. The molecule has 1 saturated carbocycles. The Morgan fingerprint density at radius 2 is 1.95 bits per heavy atom. The average Bonchev–Trinajstić information content (AvgIpc) is 2.96. The molecule has 0 amide bonds. The van der Waals surface area contributed by atoms with E-state index in [0.29, 0.717) is 24.2 Å². The molecule has 3 rings (SSSR count). The van der Waals surface area contributed by atoms with Gasteiger partial charge in [0, 0.05) is 12.5 Å². The van der Waals surface area contributed by atoms with Crippen LogP contribution in [-0.2, 0) is 13.0 Å². The fourth-order valence-electron chi connectivity index (χ4n) is 2.81. The highest BCUT2D eigenvalue weighted by Crippen LogP contribution is 2.25. The number of benzene rings is 1. The third kappa shape index (κ3) is 4.45. The largest absolute Gasteiger partial charge is 0.485 e. The van der Waals surface area contributed by atoms with Crippen molar-refractivity contribution in [1.29, 1.82) is 0 Å². The molecule has 2 N–H and O–H groups in total. The summed E-state index contributed by atoms with van der Waals surface area (Å²) in [5.74, 6) is 2.52. The minimum atomic E-state index is 0. The van der Waals surface area contributed by atoms with E-state index >= 15 is 0 Å². The number of rotatable bonds is 5. The van der Waals surface area contributed by atoms with Crippen LogP contribution in [0.5, 0.6) is 5.75 Å². The molecule has 6 heteroatoms. The van der Waals surface area contributed by atoms with E-state index in [0.717, 1.165) is 25.0 Å². The van der Waals surface area contributed by atoms with E-state index in [1.165, 1.54) is 12.8 Å². The van der Waals surface area contributed by atoms with Gasteiger partial charge in [-0.3, -0.25) is 0 Å². The highest BCUT2D eigenvalue weighted by atomic mass is 35.5. The van der Waals surface area contributed by atoms with Gasteiger partial charge in [-0.15, -0.1) is 12.4 Å². The van der Waals surface area contributed by atoms with Crippen LogP contribution in [0.1, 0.15) is 37.4 Å². The standard InChI is InChI=1S/C16H21N3O2.ClH/c17-14-9-5-4-6-12(14)10-16-18-15(19-21-16)11-20-13-7-2-1-3-8-13;/h1-3,7-8,12,14H,4-6,9-11,17H2;1H. The van der Waals surface area contributed by atoms with Gasteiger partial charge >= 0.3 is 0 Å². The monoisotopic (exact) mass is 323 g/mol. The van der Waals surface area contributed by atoms with Gasteiger partial charge in [-0.25, -0.2) is 0 Å². The molecule has 0 saturated heterocycles. The van der Waals surface area contributed by atoms with Gasteiger partial charge in [0.05, 0.1) is 0 Å². The van der Waals surface area contributed by atoms with E-state index in [4.69, 9.17) is 15.0 Å². The molecule has 0 spiro atoms. The zero-order valence-corrected chi connectivity index (χ0v) is 13.3. The second-order valence-electron chi connectivity index (χ2n) is 5.62. The van der Waals surface area contributed by atoms with Crippen molar-refractivity contribution in [2.45, 2.75) is 44.8 Å². The lowest BCUT2D eigenvalue weighted by molar-refractivity contribution is 0.267. The first-order valence-corrected chi connectivity index (χ1v) is 7.56. The summed E-state index contributed by atoms with van der Waals surface area (Å²) in [6.45, 7) is 0.324. The summed E-state index contributed by atoms with van der Waals surface area (Å²) in [4.78, 5) is 4.40. The summed E-state index contributed by atoms with van der Waals surface area (Å²) in [5, 5.41) is 3.97. The SMILES string of the molecule is Cl.NC1CCCCC1Cc1nc(COc2ccccc2)no1. The Balaban J connectivity index is 0.00000176. The summed E-state index contributed by atoms with van der Waals surface area (Å²) in [5.41, 5.74) is 6.15. The van der Waals surface area contributed by atoms with Crippen molar-refractivity contribution < 1.29 is 9.26 Å². The lowest BCUT2D eigenvalue weighted by Gasteiger charge is -2.27. The number of para-hydroxylation sites is 1. The summed E-state index contributed by atoms with van der Waals surface area (Å²) in [6, 6.07) is 9.88. The Morgan fingerprint density at radius 1 is 1.18 bits per heavy atom. The molecule has 1 aromatic carbocycles. The van der Waals surface area contributed by atoms with Crippen molar-refractivity contribution in [1.82, 2.24) is 10.1 Å². The molecule has 120 valence electrons. The summed E-state index contributed by atoms with van der Waals surface area (Å²) in [7, 11) is 0. The van der Waals surface area contributed by atoms with Crippen LogP contribution in [-0.4, -0.2) is 16.2 Å². The average molecular weight is 324 g/mol. The van der Waals surface area contributed by atoms with Gasteiger partial charge in [-0.05, 0) is 30.9 Å².